The average Bonchev–Trinajstić information content (AvgIpc) is 2.76. The Morgan fingerprint density at radius 2 is 1.86 bits per heavy atom. The largest absolute Gasteiger partial charge is 0.457 e. The van der Waals surface area contributed by atoms with Gasteiger partial charge in [-0.15, -0.1) is 0 Å². The second-order valence-electron chi connectivity index (χ2n) is 9.31. The highest BCUT2D eigenvalue weighted by Crippen LogP contribution is 2.49. The lowest BCUT2D eigenvalue weighted by Gasteiger charge is -2.35. The minimum Gasteiger partial charge on any atom is -0.457 e. The average molecular weight is 495 g/mol. The summed E-state index contributed by atoms with van der Waals surface area (Å²) in [6.07, 6.45) is -4.40. The number of halogens is 3. The second kappa shape index (κ2) is 10.4. The van der Waals surface area contributed by atoms with Gasteiger partial charge in [-0.1, -0.05) is 18.2 Å². The number of amides is 1. The second-order valence-corrected chi connectivity index (χ2v) is 9.31. The van der Waals surface area contributed by atoms with Crippen LogP contribution >= 0.6 is 0 Å². The molecule has 0 unspecified atom stereocenters. The molecule has 0 aromatic heterocycles. The Morgan fingerprint density at radius 1 is 1.17 bits per heavy atom. The predicted octanol–water partition coefficient (Wildman–Crippen LogP) is 6.15. The molecule has 1 atom stereocenters. The number of anilines is 1. The normalized spacial score (nSPS) is 16.5. The molecule has 35 heavy (non-hydrogen) atoms. The number of nitro benzene ring substituents is 1. The van der Waals surface area contributed by atoms with Gasteiger partial charge in [0.1, 0.15) is 28.4 Å². The number of rotatable bonds is 6. The van der Waals surface area contributed by atoms with Crippen molar-refractivity contribution in [3.8, 4) is 11.5 Å². The van der Waals surface area contributed by atoms with Crippen molar-refractivity contribution in [1.82, 2.24) is 5.32 Å². The van der Waals surface area contributed by atoms with E-state index in [1.54, 1.807) is 39.0 Å². The highest BCUT2D eigenvalue weighted by Gasteiger charge is 2.43. The predicted molar refractivity (Wildman–Crippen MR) is 124 cm³/mol. The molecule has 0 radical (unpaired) electrons. The summed E-state index contributed by atoms with van der Waals surface area (Å²) in [5.41, 5.74) is -3.07. The van der Waals surface area contributed by atoms with Crippen LogP contribution in [0.4, 0.5) is 29.3 Å². The highest BCUT2D eigenvalue weighted by atomic mass is 19.4. The maximum atomic E-state index is 14.3. The molecule has 3 rings (SSSR count). The number of para-hydroxylation sites is 1. The summed E-state index contributed by atoms with van der Waals surface area (Å²) in [5, 5.41) is 14.4. The molecule has 1 heterocycles. The fourth-order valence-corrected chi connectivity index (χ4v) is 3.98. The van der Waals surface area contributed by atoms with Crippen molar-refractivity contribution >= 4 is 17.5 Å². The molecule has 2 aromatic rings. The maximum absolute atomic E-state index is 14.3. The molecule has 0 spiro atoms. The third-order valence-electron chi connectivity index (χ3n) is 5.34. The van der Waals surface area contributed by atoms with Gasteiger partial charge in [0.15, 0.2) is 0 Å². The quantitative estimate of drug-likeness (QED) is 0.382. The smallest absolute Gasteiger partial charge is 0.422 e. The minimum absolute atomic E-state index is 0.0918. The lowest BCUT2D eigenvalue weighted by Crippen LogP contribution is -2.43. The molecule has 0 saturated carbocycles. The molecule has 2 aromatic carbocycles. The van der Waals surface area contributed by atoms with Crippen molar-refractivity contribution in [3.05, 3.63) is 58.1 Å². The first-order chi connectivity index (χ1) is 16.3. The molecule has 1 aliphatic rings. The standard InChI is InChI=1S/C24H28F3N3O5/c1-23(2,3)35-22(31)28-14-16-8-7-13-29(15-16)21-18(30(32)33)11-12-19(20(21)24(25,26)27)34-17-9-5-4-6-10-17/h4-6,9-12,16H,7-8,13-15H2,1-3H3,(H,28,31)/t16-/m0/s1. The number of nitrogens with zero attached hydrogens (tertiary/aromatic N) is 2. The Hall–Kier alpha value is -3.50. The van der Waals surface area contributed by atoms with E-state index in [4.69, 9.17) is 9.47 Å². The number of benzene rings is 2. The maximum Gasteiger partial charge on any atom is 0.422 e. The topological polar surface area (TPSA) is 93.9 Å². The number of nitrogens with one attached hydrogen (secondary N) is 1. The van der Waals surface area contributed by atoms with Gasteiger partial charge in [0.05, 0.1) is 4.92 Å². The van der Waals surface area contributed by atoms with Crippen molar-refractivity contribution in [2.75, 3.05) is 24.5 Å². The van der Waals surface area contributed by atoms with E-state index in [-0.39, 0.29) is 31.3 Å². The summed E-state index contributed by atoms with van der Waals surface area (Å²) in [5.74, 6) is -0.565. The number of carbonyl (C=O) groups is 1. The number of carbonyl (C=O) groups excluding carboxylic acids is 1. The molecule has 0 aliphatic carbocycles. The molecule has 1 N–H and O–H groups in total. The summed E-state index contributed by atoms with van der Waals surface area (Å²) in [6, 6.07) is 9.93. The fourth-order valence-electron chi connectivity index (χ4n) is 3.98. The van der Waals surface area contributed by atoms with E-state index in [0.29, 0.717) is 12.8 Å². The number of hydrogen-bond donors (Lipinski definition) is 1. The Kier molecular flexibility index (Phi) is 7.76. The Balaban J connectivity index is 1.93. The number of piperidine rings is 1. The van der Waals surface area contributed by atoms with Gasteiger partial charge in [-0.05, 0) is 57.7 Å². The van der Waals surface area contributed by atoms with Crippen LogP contribution in [0.2, 0.25) is 0 Å². The molecule has 8 nitrogen and oxygen atoms in total. The van der Waals surface area contributed by atoms with Gasteiger partial charge < -0.3 is 19.7 Å². The van der Waals surface area contributed by atoms with Crippen LogP contribution in [0.1, 0.15) is 39.2 Å². The first kappa shape index (κ1) is 26.1. The van der Waals surface area contributed by atoms with Gasteiger partial charge in [0, 0.05) is 25.7 Å². The Morgan fingerprint density at radius 3 is 2.46 bits per heavy atom. The van der Waals surface area contributed by atoms with Crippen molar-refractivity contribution < 1.29 is 32.4 Å². The van der Waals surface area contributed by atoms with Gasteiger partial charge in [0.2, 0.25) is 0 Å². The molecule has 1 saturated heterocycles. The zero-order valence-corrected chi connectivity index (χ0v) is 19.7. The van der Waals surface area contributed by atoms with E-state index in [1.807, 2.05) is 0 Å². The van der Waals surface area contributed by atoms with Crippen molar-refractivity contribution in [3.63, 3.8) is 0 Å². The van der Waals surface area contributed by atoms with E-state index >= 15 is 0 Å². The van der Waals surface area contributed by atoms with Gasteiger partial charge in [-0.25, -0.2) is 4.79 Å². The number of alkyl halides is 3. The summed E-state index contributed by atoms with van der Waals surface area (Å²) < 4.78 is 53.7. The number of ether oxygens (including phenoxy) is 2. The molecule has 1 aliphatic heterocycles. The molecular weight excluding hydrogens is 467 g/mol. The van der Waals surface area contributed by atoms with Crippen molar-refractivity contribution in [2.24, 2.45) is 5.92 Å². The monoisotopic (exact) mass is 495 g/mol. The number of nitro groups is 1. The molecule has 190 valence electrons. The van der Waals surface area contributed by atoms with Gasteiger partial charge in [0.25, 0.3) is 5.69 Å². The first-order valence-electron chi connectivity index (χ1n) is 11.2. The van der Waals surface area contributed by atoms with Crippen LogP contribution in [0.5, 0.6) is 11.5 Å². The summed E-state index contributed by atoms with van der Waals surface area (Å²) in [4.78, 5) is 24.3. The van der Waals surface area contributed by atoms with E-state index in [1.165, 1.54) is 17.0 Å². The zero-order valence-electron chi connectivity index (χ0n) is 19.7. The van der Waals surface area contributed by atoms with E-state index in [2.05, 4.69) is 5.32 Å². The first-order valence-corrected chi connectivity index (χ1v) is 11.2. The van der Waals surface area contributed by atoms with Crippen LogP contribution in [0.15, 0.2) is 42.5 Å². The van der Waals surface area contributed by atoms with Crippen LogP contribution in [-0.4, -0.2) is 36.3 Å². The van der Waals surface area contributed by atoms with E-state index in [9.17, 15) is 28.1 Å². The van der Waals surface area contributed by atoms with Crippen LogP contribution in [0.25, 0.3) is 0 Å². The number of alkyl carbamates (subject to hydrolysis) is 1. The van der Waals surface area contributed by atoms with Crippen molar-refractivity contribution in [1.29, 1.82) is 0 Å². The molecular formula is C24H28F3N3O5. The lowest BCUT2D eigenvalue weighted by atomic mass is 9.96. The third kappa shape index (κ3) is 7.00. The zero-order chi connectivity index (χ0) is 25.8. The SMILES string of the molecule is CC(C)(C)OC(=O)NC[C@@H]1CCCN(c2c([N+](=O)[O-])ccc(Oc3ccccc3)c2C(F)(F)F)C1. The molecule has 11 heteroatoms. The fraction of sp³-hybridized carbons (Fsp3) is 0.458. The van der Waals surface area contributed by atoms with Crippen LogP contribution < -0.4 is 15.0 Å². The van der Waals surface area contributed by atoms with Crippen LogP contribution in [0, 0.1) is 16.0 Å². The summed E-state index contributed by atoms with van der Waals surface area (Å²) in [6.45, 7) is 5.61. The third-order valence-corrected chi connectivity index (χ3v) is 5.34. The Labute approximate surface area is 201 Å². The lowest BCUT2D eigenvalue weighted by molar-refractivity contribution is -0.384. The molecule has 1 fully saturated rings. The van der Waals surface area contributed by atoms with Gasteiger partial charge >= 0.3 is 12.3 Å². The highest BCUT2D eigenvalue weighted by molar-refractivity contribution is 5.73. The van der Waals surface area contributed by atoms with E-state index in [0.717, 1.165) is 12.1 Å². The van der Waals surface area contributed by atoms with E-state index < -0.39 is 45.5 Å². The van der Waals surface area contributed by atoms with Gasteiger partial charge in [-0.2, -0.15) is 13.2 Å². The molecule has 0 bridgehead atoms. The van der Waals surface area contributed by atoms with Crippen molar-refractivity contribution in [2.45, 2.75) is 45.4 Å². The summed E-state index contributed by atoms with van der Waals surface area (Å²) in [7, 11) is 0. The minimum atomic E-state index is -4.91. The van der Waals surface area contributed by atoms with Crippen LogP contribution in [-0.2, 0) is 10.9 Å². The number of hydrogen-bond acceptors (Lipinski definition) is 6. The Bertz CT molecular complexity index is 1050. The summed E-state index contributed by atoms with van der Waals surface area (Å²) >= 11 is 0. The van der Waals surface area contributed by atoms with Crippen LogP contribution in [0.3, 0.4) is 0 Å². The van der Waals surface area contributed by atoms with Gasteiger partial charge in [-0.3, -0.25) is 10.1 Å². The molecule has 1 amide bonds.